The second-order valence-corrected chi connectivity index (χ2v) is 6.23. The Morgan fingerprint density at radius 2 is 2.24 bits per heavy atom. The summed E-state index contributed by atoms with van der Waals surface area (Å²) in [5.41, 5.74) is 7.87. The molecule has 21 heavy (non-hydrogen) atoms. The summed E-state index contributed by atoms with van der Waals surface area (Å²) in [4.78, 5) is 13.1. The number of nitrogens with two attached hydrogens (primary N) is 1. The number of anilines is 1. The molecule has 2 rings (SSSR count). The highest BCUT2D eigenvalue weighted by molar-refractivity contribution is 7.21. The molecule has 0 bridgehead atoms. The van der Waals surface area contributed by atoms with E-state index in [0.717, 1.165) is 28.5 Å². The first-order valence-corrected chi connectivity index (χ1v) is 7.97. The van der Waals surface area contributed by atoms with Crippen molar-refractivity contribution < 1.29 is 9.53 Å². The summed E-state index contributed by atoms with van der Waals surface area (Å²) in [7, 11) is 1.64. The van der Waals surface area contributed by atoms with Gasteiger partial charge in [-0.05, 0) is 18.9 Å². The molecule has 0 aliphatic carbocycles. The van der Waals surface area contributed by atoms with Crippen LogP contribution in [0.1, 0.15) is 35.0 Å². The van der Waals surface area contributed by atoms with Crippen LogP contribution in [0.25, 0.3) is 10.1 Å². The fourth-order valence-electron chi connectivity index (χ4n) is 2.45. The summed E-state index contributed by atoms with van der Waals surface area (Å²) in [6.45, 7) is 4.64. The number of fused-ring (bicyclic) bond motifs is 1. The van der Waals surface area contributed by atoms with Crippen molar-refractivity contribution >= 4 is 33.0 Å². The van der Waals surface area contributed by atoms with Gasteiger partial charge in [0.1, 0.15) is 4.88 Å². The maximum Gasteiger partial charge on any atom is 0.263 e. The lowest BCUT2D eigenvalue weighted by molar-refractivity contribution is 0.0896. The van der Waals surface area contributed by atoms with Gasteiger partial charge in [-0.2, -0.15) is 0 Å². The molecule has 1 amide bonds. The normalized spacial score (nSPS) is 12.5. The predicted molar refractivity (Wildman–Crippen MR) is 89.0 cm³/mol. The fourth-order valence-corrected chi connectivity index (χ4v) is 3.54. The number of thiophene rings is 1. The standard InChI is InChI=1S/C16H22N2O2S/c1-4-6-11(9-20-3)18-16(19)15-13(17)12-8-5-7-10(2)14(12)21-15/h5,7-8,11H,4,6,9,17H2,1-3H3,(H,18,19). The van der Waals surface area contributed by atoms with E-state index >= 15 is 0 Å². The second-order valence-electron chi connectivity index (χ2n) is 5.21. The third kappa shape index (κ3) is 3.36. The van der Waals surface area contributed by atoms with Gasteiger partial charge in [-0.25, -0.2) is 0 Å². The first kappa shape index (κ1) is 15.8. The summed E-state index contributed by atoms with van der Waals surface area (Å²) < 4.78 is 6.24. The van der Waals surface area contributed by atoms with Gasteiger partial charge in [-0.1, -0.05) is 31.5 Å². The van der Waals surface area contributed by atoms with Crippen molar-refractivity contribution in [3.63, 3.8) is 0 Å². The summed E-state index contributed by atoms with van der Waals surface area (Å²) >= 11 is 1.46. The number of nitrogens with one attached hydrogen (secondary N) is 1. The average Bonchev–Trinajstić information content (AvgIpc) is 2.79. The van der Waals surface area contributed by atoms with Gasteiger partial charge in [0, 0.05) is 17.2 Å². The number of methoxy groups -OCH3 is 1. The summed E-state index contributed by atoms with van der Waals surface area (Å²) in [5, 5.41) is 3.98. The number of nitrogen functional groups attached to an aromatic ring is 1. The Labute approximate surface area is 129 Å². The monoisotopic (exact) mass is 306 g/mol. The van der Waals surface area contributed by atoms with Crippen LogP contribution in [0.4, 0.5) is 5.69 Å². The molecule has 0 spiro atoms. The van der Waals surface area contributed by atoms with Gasteiger partial charge >= 0.3 is 0 Å². The molecule has 1 aromatic carbocycles. The number of carbonyl (C=O) groups is 1. The Morgan fingerprint density at radius 3 is 2.86 bits per heavy atom. The second kappa shape index (κ2) is 6.91. The molecule has 4 nitrogen and oxygen atoms in total. The van der Waals surface area contributed by atoms with E-state index in [0.29, 0.717) is 17.2 Å². The van der Waals surface area contributed by atoms with E-state index in [9.17, 15) is 4.79 Å². The molecule has 1 aromatic heterocycles. The maximum absolute atomic E-state index is 12.5. The zero-order chi connectivity index (χ0) is 15.4. The number of hydrogen-bond acceptors (Lipinski definition) is 4. The van der Waals surface area contributed by atoms with Gasteiger partial charge in [0.15, 0.2) is 0 Å². The molecule has 0 radical (unpaired) electrons. The van der Waals surface area contributed by atoms with Crippen LogP contribution in [0.2, 0.25) is 0 Å². The minimum absolute atomic E-state index is 0.0261. The van der Waals surface area contributed by atoms with Crippen LogP contribution < -0.4 is 11.1 Å². The molecular weight excluding hydrogens is 284 g/mol. The van der Waals surface area contributed by atoms with E-state index in [1.54, 1.807) is 7.11 Å². The van der Waals surface area contributed by atoms with E-state index in [1.807, 2.05) is 25.1 Å². The zero-order valence-electron chi connectivity index (χ0n) is 12.7. The average molecular weight is 306 g/mol. The van der Waals surface area contributed by atoms with Crippen LogP contribution >= 0.6 is 11.3 Å². The Hall–Kier alpha value is -1.59. The SMILES string of the molecule is CCCC(COC)NC(=O)c1sc2c(C)cccc2c1N. The highest BCUT2D eigenvalue weighted by Crippen LogP contribution is 2.35. The van der Waals surface area contributed by atoms with Crippen molar-refractivity contribution in [2.24, 2.45) is 0 Å². The lowest BCUT2D eigenvalue weighted by Crippen LogP contribution is -2.37. The third-order valence-electron chi connectivity index (χ3n) is 3.50. The molecule has 1 heterocycles. The number of rotatable bonds is 6. The zero-order valence-corrected chi connectivity index (χ0v) is 13.5. The molecular formula is C16H22N2O2S. The number of ether oxygens (including phenoxy) is 1. The van der Waals surface area contributed by atoms with Crippen molar-refractivity contribution in [2.75, 3.05) is 19.5 Å². The van der Waals surface area contributed by atoms with Crippen molar-refractivity contribution in [2.45, 2.75) is 32.7 Å². The number of benzene rings is 1. The van der Waals surface area contributed by atoms with Crippen molar-refractivity contribution in [3.05, 3.63) is 28.6 Å². The number of hydrogen-bond donors (Lipinski definition) is 2. The molecule has 5 heteroatoms. The molecule has 0 saturated heterocycles. The van der Waals surface area contributed by atoms with E-state index in [1.165, 1.54) is 11.3 Å². The number of carbonyl (C=O) groups excluding carboxylic acids is 1. The lowest BCUT2D eigenvalue weighted by Gasteiger charge is -2.16. The Bertz CT molecular complexity index is 630. The largest absolute Gasteiger partial charge is 0.397 e. The first-order chi connectivity index (χ1) is 10.1. The summed E-state index contributed by atoms with van der Waals surface area (Å²) in [5.74, 6) is -0.108. The molecule has 0 saturated carbocycles. The van der Waals surface area contributed by atoms with Crippen LogP contribution in [0.5, 0.6) is 0 Å². The molecule has 0 aliphatic rings. The van der Waals surface area contributed by atoms with Crippen molar-refractivity contribution in [1.29, 1.82) is 0 Å². The smallest absolute Gasteiger partial charge is 0.263 e. The van der Waals surface area contributed by atoms with Gasteiger partial charge < -0.3 is 15.8 Å². The first-order valence-electron chi connectivity index (χ1n) is 7.15. The predicted octanol–water partition coefficient (Wildman–Crippen LogP) is 3.34. The fraction of sp³-hybridized carbons (Fsp3) is 0.438. The highest BCUT2D eigenvalue weighted by atomic mass is 32.1. The Kier molecular flexibility index (Phi) is 5.20. The van der Waals surface area contributed by atoms with Crippen LogP contribution in [-0.2, 0) is 4.74 Å². The molecule has 0 aliphatic heterocycles. The Balaban J connectivity index is 2.27. The van der Waals surface area contributed by atoms with E-state index in [4.69, 9.17) is 10.5 Å². The maximum atomic E-state index is 12.5. The van der Waals surface area contributed by atoms with Crippen molar-refractivity contribution in [1.82, 2.24) is 5.32 Å². The third-order valence-corrected chi connectivity index (χ3v) is 4.85. The molecule has 1 atom stereocenters. The van der Waals surface area contributed by atoms with Crippen LogP contribution in [0.15, 0.2) is 18.2 Å². The molecule has 2 aromatic rings. The van der Waals surface area contributed by atoms with Crippen LogP contribution in [0, 0.1) is 6.92 Å². The molecule has 114 valence electrons. The van der Waals surface area contributed by atoms with Crippen LogP contribution in [-0.4, -0.2) is 25.7 Å². The molecule has 3 N–H and O–H groups in total. The number of aryl methyl sites for hydroxylation is 1. The van der Waals surface area contributed by atoms with Gasteiger partial charge in [-0.15, -0.1) is 11.3 Å². The quantitative estimate of drug-likeness (QED) is 0.860. The lowest BCUT2D eigenvalue weighted by atomic mass is 10.1. The van der Waals surface area contributed by atoms with E-state index in [2.05, 4.69) is 12.2 Å². The number of amides is 1. The highest BCUT2D eigenvalue weighted by Gasteiger charge is 2.19. The topological polar surface area (TPSA) is 64.3 Å². The van der Waals surface area contributed by atoms with Gasteiger partial charge in [0.05, 0.1) is 18.3 Å². The molecule has 1 unspecified atom stereocenters. The van der Waals surface area contributed by atoms with Gasteiger partial charge in [-0.3, -0.25) is 4.79 Å². The Morgan fingerprint density at radius 1 is 1.48 bits per heavy atom. The van der Waals surface area contributed by atoms with Crippen molar-refractivity contribution in [3.8, 4) is 0 Å². The van der Waals surface area contributed by atoms with Gasteiger partial charge in [0.2, 0.25) is 0 Å². The van der Waals surface area contributed by atoms with Gasteiger partial charge in [0.25, 0.3) is 5.91 Å². The summed E-state index contributed by atoms with van der Waals surface area (Å²) in [6.07, 6.45) is 1.89. The molecule has 0 fully saturated rings. The van der Waals surface area contributed by atoms with E-state index in [-0.39, 0.29) is 11.9 Å². The summed E-state index contributed by atoms with van der Waals surface area (Å²) in [6, 6.07) is 5.99. The van der Waals surface area contributed by atoms with E-state index < -0.39 is 0 Å². The minimum atomic E-state index is -0.108. The minimum Gasteiger partial charge on any atom is -0.397 e. The van der Waals surface area contributed by atoms with Crippen LogP contribution in [0.3, 0.4) is 0 Å².